The maximum absolute atomic E-state index is 13.3. The standard InChI is InChI=1S/C26H28F6N2O2/c1-17-6-2-3-7-21(17)22-8-11-34(24(35)33-9-4-5-10-33)15-23(22)36-16-18-12-19(25(27,28)29)14-20(13-18)26(30,31)32/h2-3,6-7,12-14,22-23H,4-5,8-11,15-16H2,1H3/t22-,23-/m0/s1. The summed E-state index contributed by atoms with van der Waals surface area (Å²) in [5.41, 5.74) is -0.963. The van der Waals surface area contributed by atoms with Crippen molar-refractivity contribution in [1.29, 1.82) is 0 Å². The summed E-state index contributed by atoms with van der Waals surface area (Å²) in [6.07, 6.45) is -8.00. The number of carbonyl (C=O) groups excluding carboxylic acids is 1. The Morgan fingerprint density at radius 3 is 2.11 bits per heavy atom. The van der Waals surface area contributed by atoms with Crippen LogP contribution >= 0.6 is 0 Å². The van der Waals surface area contributed by atoms with Crippen molar-refractivity contribution in [2.24, 2.45) is 0 Å². The van der Waals surface area contributed by atoms with Crippen LogP contribution in [0.5, 0.6) is 0 Å². The van der Waals surface area contributed by atoms with E-state index in [1.807, 2.05) is 31.2 Å². The van der Waals surface area contributed by atoms with Gasteiger partial charge in [-0.2, -0.15) is 26.3 Å². The molecule has 0 bridgehead atoms. The van der Waals surface area contributed by atoms with E-state index >= 15 is 0 Å². The third kappa shape index (κ3) is 5.96. The van der Waals surface area contributed by atoms with Crippen molar-refractivity contribution in [3.8, 4) is 0 Å². The number of halogens is 6. The molecule has 4 rings (SSSR count). The van der Waals surface area contributed by atoms with Crippen LogP contribution < -0.4 is 0 Å². The summed E-state index contributed by atoms with van der Waals surface area (Å²) < 4.78 is 85.8. The lowest BCUT2D eigenvalue weighted by molar-refractivity contribution is -0.143. The molecule has 2 aliphatic rings. The predicted molar refractivity (Wildman–Crippen MR) is 121 cm³/mol. The number of benzene rings is 2. The molecule has 2 saturated heterocycles. The normalized spacial score (nSPS) is 21.2. The number of likely N-dealkylation sites (tertiary alicyclic amines) is 2. The zero-order valence-corrected chi connectivity index (χ0v) is 19.8. The van der Waals surface area contributed by atoms with Crippen LogP contribution in [-0.4, -0.2) is 48.1 Å². The van der Waals surface area contributed by atoms with Crippen LogP contribution in [0, 0.1) is 6.92 Å². The first-order valence-corrected chi connectivity index (χ1v) is 11.9. The number of rotatable bonds is 4. The van der Waals surface area contributed by atoms with Crippen LogP contribution in [0.3, 0.4) is 0 Å². The Morgan fingerprint density at radius 1 is 0.917 bits per heavy atom. The molecule has 36 heavy (non-hydrogen) atoms. The maximum atomic E-state index is 13.3. The molecule has 0 saturated carbocycles. The van der Waals surface area contributed by atoms with Crippen LogP contribution in [0.25, 0.3) is 0 Å². The quantitative estimate of drug-likeness (QED) is 0.430. The number of hydrogen-bond acceptors (Lipinski definition) is 2. The van der Waals surface area contributed by atoms with Crippen molar-refractivity contribution in [1.82, 2.24) is 9.80 Å². The van der Waals surface area contributed by atoms with Gasteiger partial charge in [-0.15, -0.1) is 0 Å². The van der Waals surface area contributed by atoms with E-state index in [-0.39, 0.29) is 30.1 Å². The van der Waals surface area contributed by atoms with Crippen LogP contribution in [0.1, 0.15) is 53.0 Å². The van der Waals surface area contributed by atoms with Crippen molar-refractivity contribution in [2.75, 3.05) is 26.2 Å². The average Bonchev–Trinajstić information content (AvgIpc) is 3.36. The van der Waals surface area contributed by atoms with Gasteiger partial charge in [0.1, 0.15) is 0 Å². The smallest absolute Gasteiger partial charge is 0.371 e. The van der Waals surface area contributed by atoms with Gasteiger partial charge in [0.05, 0.1) is 23.8 Å². The van der Waals surface area contributed by atoms with E-state index in [0.717, 1.165) is 24.0 Å². The largest absolute Gasteiger partial charge is 0.416 e. The van der Waals surface area contributed by atoms with Crippen molar-refractivity contribution in [3.05, 3.63) is 70.3 Å². The van der Waals surface area contributed by atoms with E-state index in [4.69, 9.17) is 4.74 Å². The Kier molecular flexibility index (Phi) is 7.54. The van der Waals surface area contributed by atoms with E-state index in [2.05, 4.69) is 0 Å². The minimum Gasteiger partial charge on any atom is -0.371 e. The summed E-state index contributed by atoms with van der Waals surface area (Å²) >= 11 is 0. The number of carbonyl (C=O) groups is 1. The first-order valence-electron chi connectivity index (χ1n) is 11.9. The topological polar surface area (TPSA) is 32.8 Å². The third-order valence-electron chi connectivity index (χ3n) is 6.91. The van der Waals surface area contributed by atoms with E-state index in [1.54, 1.807) is 9.80 Å². The maximum Gasteiger partial charge on any atom is 0.416 e. The minimum atomic E-state index is -4.93. The molecule has 0 aliphatic carbocycles. The molecule has 2 aliphatic heterocycles. The lowest BCUT2D eigenvalue weighted by atomic mass is 9.84. The molecule has 2 aromatic rings. The van der Waals surface area contributed by atoms with Gasteiger partial charge in [0, 0.05) is 32.1 Å². The van der Waals surface area contributed by atoms with Crippen LogP contribution in [0.4, 0.5) is 31.1 Å². The van der Waals surface area contributed by atoms with Gasteiger partial charge >= 0.3 is 18.4 Å². The molecule has 0 aromatic heterocycles. The highest BCUT2D eigenvalue weighted by Crippen LogP contribution is 2.38. The van der Waals surface area contributed by atoms with Crippen molar-refractivity contribution >= 4 is 6.03 Å². The molecule has 2 fully saturated rings. The lowest BCUT2D eigenvalue weighted by Crippen LogP contribution is -2.51. The molecule has 4 nitrogen and oxygen atoms in total. The highest BCUT2D eigenvalue weighted by Gasteiger charge is 2.38. The molecule has 0 N–H and O–H groups in total. The zero-order valence-electron chi connectivity index (χ0n) is 19.8. The van der Waals surface area contributed by atoms with E-state index in [0.29, 0.717) is 38.2 Å². The fraction of sp³-hybridized carbons (Fsp3) is 0.500. The SMILES string of the molecule is Cc1ccccc1[C@@H]1CCN(C(=O)N2CCCC2)C[C@@H]1OCc1cc(C(F)(F)F)cc(C(F)(F)F)c1. The fourth-order valence-corrected chi connectivity index (χ4v) is 5.03. The van der Waals surface area contributed by atoms with Crippen LogP contribution in [-0.2, 0) is 23.7 Å². The number of urea groups is 1. The Labute approximate surface area is 205 Å². The van der Waals surface area contributed by atoms with Gasteiger partial charge in [0.15, 0.2) is 0 Å². The number of piperidine rings is 1. The van der Waals surface area contributed by atoms with Gasteiger partial charge in [-0.1, -0.05) is 24.3 Å². The second-order valence-electron chi connectivity index (χ2n) is 9.44. The molecular formula is C26H28F6N2O2. The van der Waals surface area contributed by atoms with Crippen LogP contribution in [0.15, 0.2) is 42.5 Å². The summed E-state index contributed by atoms with van der Waals surface area (Å²) in [5.74, 6) is -0.151. The second-order valence-corrected chi connectivity index (χ2v) is 9.44. The molecule has 196 valence electrons. The zero-order chi connectivity index (χ0) is 26.1. The number of alkyl halides is 6. The van der Waals surface area contributed by atoms with Crippen molar-refractivity contribution in [3.63, 3.8) is 0 Å². The lowest BCUT2D eigenvalue weighted by Gasteiger charge is -2.40. The summed E-state index contributed by atoms with van der Waals surface area (Å²) in [6, 6.07) is 9.03. The fourth-order valence-electron chi connectivity index (χ4n) is 5.03. The van der Waals surface area contributed by atoms with E-state index in [1.165, 1.54) is 0 Å². The Balaban J connectivity index is 1.59. The van der Waals surface area contributed by atoms with Gasteiger partial charge in [-0.3, -0.25) is 0 Å². The monoisotopic (exact) mass is 514 g/mol. The first-order chi connectivity index (χ1) is 16.9. The molecule has 2 heterocycles. The Bertz CT molecular complexity index is 1050. The highest BCUT2D eigenvalue weighted by atomic mass is 19.4. The Hall–Kier alpha value is -2.75. The minimum absolute atomic E-state index is 0.108. The summed E-state index contributed by atoms with van der Waals surface area (Å²) in [4.78, 5) is 16.4. The molecule has 10 heteroatoms. The van der Waals surface area contributed by atoms with Gasteiger partial charge in [-0.25, -0.2) is 4.79 Å². The van der Waals surface area contributed by atoms with Gasteiger partial charge in [-0.05, 0) is 61.1 Å². The summed E-state index contributed by atoms with van der Waals surface area (Å²) in [6.45, 7) is 3.55. The second kappa shape index (κ2) is 10.3. The molecule has 0 spiro atoms. The van der Waals surface area contributed by atoms with Crippen molar-refractivity contribution in [2.45, 2.75) is 57.2 Å². The van der Waals surface area contributed by atoms with Crippen molar-refractivity contribution < 1.29 is 35.9 Å². The molecule has 2 aromatic carbocycles. The highest BCUT2D eigenvalue weighted by molar-refractivity contribution is 5.75. The number of amides is 2. The molecular weight excluding hydrogens is 486 g/mol. The average molecular weight is 515 g/mol. The van der Waals surface area contributed by atoms with Crippen LogP contribution in [0.2, 0.25) is 0 Å². The number of nitrogens with zero attached hydrogens (tertiary/aromatic N) is 2. The van der Waals surface area contributed by atoms with Gasteiger partial charge in [0.2, 0.25) is 0 Å². The van der Waals surface area contributed by atoms with Gasteiger partial charge in [0.25, 0.3) is 0 Å². The molecule has 2 amide bonds. The van der Waals surface area contributed by atoms with E-state index < -0.39 is 36.2 Å². The van der Waals surface area contributed by atoms with Gasteiger partial charge < -0.3 is 14.5 Å². The predicted octanol–water partition coefficient (Wildman–Crippen LogP) is 6.62. The molecule has 0 radical (unpaired) electrons. The first kappa shape index (κ1) is 26.3. The summed E-state index contributed by atoms with van der Waals surface area (Å²) in [5, 5.41) is 0. The number of ether oxygens (including phenoxy) is 1. The number of hydrogen-bond donors (Lipinski definition) is 0. The molecule has 2 atom stereocenters. The molecule has 0 unspecified atom stereocenters. The number of aryl methyl sites for hydroxylation is 1. The Morgan fingerprint density at radius 2 is 1.53 bits per heavy atom. The third-order valence-corrected chi connectivity index (χ3v) is 6.91. The summed E-state index contributed by atoms with van der Waals surface area (Å²) in [7, 11) is 0. The van der Waals surface area contributed by atoms with E-state index in [9.17, 15) is 31.1 Å².